The zero-order valence-corrected chi connectivity index (χ0v) is 20.1. The van der Waals surface area contributed by atoms with Crippen LogP contribution in [0.15, 0.2) is 62.9 Å². The number of amides is 1. The van der Waals surface area contributed by atoms with Crippen LogP contribution in [0.2, 0.25) is 5.02 Å². The summed E-state index contributed by atoms with van der Waals surface area (Å²) in [5.41, 5.74) is 5.31. The molecule has 34 heavy (non-hydrogen) atoms. The van der Waals surface area contributed by atoms with Crippen molar-refractivity contribution < 1.29 is 9.59 Å². The number of nitrogens with two attached hydrogens (primary N) is 2. The number of Topliss-reactive ketones (excluding diaryl/α,β-unsaturated/α-hetero) is 1. The average molecular weight is 544 g/mol. The van der Waals surface area contributed by atoms with E-state index in [4.69, 9.17) is 23.3 Å². The molecule has 3 aromatic rings. The summed E-state index contributed by atoms with van der Waals surface area (Å²) in [6.45, 7) is -0.229. The van der Waals surface area contributed by atoms with Crippen LogP contribution in [-0.2, 0) is 17.8 Å². The van der Waals surface area contributed by atoms with Crippen LogP contribution >= 0.6 is 27.5 Å². The Balaban J connectivity index is 1.63. The number of anilines is 1. The number of amidine groups is 1. The third-order valence-corrected chi connectivity index (χ3v) is 6.44. The Kier molecular flexibility index (Phi) is 6.82. The van der Waals surface area contributed by atoms with Crippen molar-refractivity contribution in [2.75, 3.05) is 5.32 Å². The molecule has 0 spiro atoms. The van der Waals surface area contributed by atoms with Crippen LogP contribution in [0.1, 0.15) is 28.0 Å². The molecule has 1 amide bonds. The lowest BCUT2D eigenvalue weighted by atomic mass is 9.99. The highest BCUT2D eigenvalue weighted by atomic mass is 79.9. The van der Waals surface area contributed by atoms with E-state index in [9.17, 15) is 14.4 Å². The van der Waals surface area contributed by atoms with E-state index in [2.05, 4.69) is 31.8 Å². The first-order valence-electron chi connectivity index (χ1n) is 10.2. The van der Waals surface area contributed by atoms with Crippen molar-refractivity contribution in [3.8, 4) is 11.1 Å². The minimum absolute atomic E-state index is 0.0764. The standard InChI is InChI=1S/C23H20BrClN6O3/c24-17-6-3-13(25)9-15(17)16-10-21(34)31(18-7-8-19(32)22(16)18)11-20(33)28-14-4-1-12(2-5-14)23(29-26)30-27/h1-6,9-10H,7-8,11,26-27H2,(H,28,33)(H,29,30). The lowest BCUT2D eigenvalue weighted by Gasteiger charge is -2.16. The number of hydrogen-bond donors (Lipinski definition) is 4. The number of halogens is 2. The quantitative estimate of drug-likeness (QED) is 0.169. The normalized spacial score (nSPS) is 13.0. The van der Waals surface area contributed by atoms with E-state index < -0.39 is 5.91 Å². The average Bonchev–Trinajstić information content (AvgIpc) is 3.20. The number of nitrogens with one attached hydrogen (secondary N) is 2. The van der Waals surface area contributed by atoms with Crippen LogP contribution < -0.4 is 28.0 Å². The minimum Gasteiger partial charge on any atom is -0.325 e. The summed E-state index contributed by atoms with van der Waals surface area (Å²) < 4.78 is 2.06. The van der Waals surface area contributed by atoms with E-state index in [1.807, 2.05) is 0 Å². The molecular formula is C23H20BrClN6O3. The number of nitrogens with zero attached hydrogens (tertiary/aromatic N) is 2. The van der Waals surface area contributed by atoms with E-state index in [-0.39, 0.29) is 30.1 Å². The van der Waals surface area contributed by atoms with E-state index in [0.29, 0.717) is 49.6 Å². The molecule has 0 aliphatic heterocycles. The number of pyridine rings is 1. The molecule has 1 aliphatic carbocycles. The maximum absolute atomic E-state index is 13.0. The summed E-state index contributed by atoms with van der Waals surface area (Å²) in [7, 11) is 0. The van der Waals surface area contributed by atoms with Gasteiger partial charge in [-0.25, -0.2) is 5.84 Å². The zero-order chi connectivity index (χ0) is 24.4. The van der Waals surface area contributed by atoms with Crippen molar-refractivity contribution in [3.63, 3.8) is 0 Å². The fraction of sp³-hybridized carbons (Fsp3) is 0.130. The van der Waals surface area contributed by atoms with Gasteiger partial charge in [-0.15, -0.1) is 0 Å². The van der Waals surface area contributed by atoms with Crippen LogP contribution in [-0.4, -0.2) is 22.1 Å². The summed E-state index contributed by atoms with van der Waals surface area (Å²) in [6.07, 6.45) is 0.651. The Hall–Kier alpha value is -3.47. The molecule has 1 heterocycles. The van der Waals surface area contributed by atoms with Gasteiger partial charge in [-0.05, 0) is 54.4 Å². The van der Waals surface area contributed by atoms with Crippen LogP contribution in [0.3, 0.4) is 0 Å². The molecule has 0 bridgehead atoms. The first kappa shape index (κ1) is 23.7. The Morgan fingerprint density at radius 1 is 1.09 bits per heavy atom. The van der Waals surface area contributed by atoms with Crippen LogP contribution in [0, 0.1) is 0 Å². The predicted octanol–water partition coefficient (Wildman–Crippen LogP) is 2.78. The summed E-state index contributed by atoms with van der Waals surface area (Å²) >= 11 is 9.62. The molecule has 1 aromatic heterocycles. The number of benzene rings is 2. The molecule has 9 nitrogen and oxygen atoms in total. The Labute approximate surface area is 207 Å². The second kappa shape index (κ2) is 9.80. The molecule has 6 N–H and O–H groups in total. The molecular weight excluding hydrogens is 524 g/mol. The highest BCUT2D eigenvalue weighted by molar-refractivity contribution is 9.10. The van der Waals surface area contributed by atoms with Gasteiger partial charge in [0.05, 0.1) is 0 Å². The fourth-order valence-electron chi connectivity index (χ4n) is 3.97. The highest BCUT2D eigenvalue weighted by Crippen LogP contribution is 2.36. The minimum atomic E-state index is -0.405. The first-order chi connectivity index (χ1) is 16.3. The molecule has 0 unspecified atom stereocenters. The number of carbonyl (C=O) groups is 2. The molecule has 174 valence electrons. The smallest absolute Gasteiger partial charge is 0.251 e. The summed E-state index contributed by atoms with van der Waals surface area (Å²) in [5.74, 6) is 10.4. The molecule has 4 rings (SSSR count). The molecule has 0 saturated carbocycles. The molecule has 11 heteroatoms. The molecule has 2 aromatic carbocycles. The van der Waals surface area contributed by atoms with Gasteiger partial charge in [-0.3, -0.25) is 14.4 Å². The molecule has 0 fully saturated rings. The lowest BCUT2D eigenvalue weighted by Crippen LogP contribution is -2.32. The monoisotopic (exact) mass is 542 g/mol. The lowest BCUT2D eigenvalue weighted by molar-refractivity contribution is -0.116. The SMILES string of the molecule is N/N=C(\NN)c1ccc(NC(=O)Cn2c3c(c(-c4cc(Cl)ccc4Br)cc2=O)C(=O)CC3)cc1. The largest absolute Gasteiger partial charge is 0.325 e. The number of hydrazone groups is 1. The maximum Gasteiger partial charge on any atom is 0.251 e. The van der Waals surface area contributed by atoms with Gasteiger partial charge in [0.1, 0.15) is 6.54 Å². The van der Waals surface area contributed by atoms with Gasteiger partial charge in [0.15, 0.2) is 11.6 Å². The summed E-state index contributed by atoms with van der Waals surface area (Å²) in [5, 5.41) is 6.77. The number of aromatic nitrogens is 1. The second-order valence-corrected chi connectivity index (χ2v) is 8.89. The van der Waals surface area contributed by atoms with Crippen LogP contribution in [0.4, 0.5) is 5.69 Å². The zero-order valence-electron chi connectivity index (χ0n) is 17.8. The van der Waals surface area contributed by atoms with Gasteiger partial charge in [0, 0.05) is 50.1 Å². The Morgan fingerprint density at radius 3 is 2.50 bits per heavy atom. The Morgan fingerprint density at radius 2 is 1.82 bits per heavy atom. The van der Waals surface area contributed by atoms with Gasteiger partial charge in [-0.1, -0.05) is 27.5 Å². The molecule has 0 radical (unpaired) electrons. The fourth-order valence-corrected chi connectivity index (χ4v) is 4.60. The van der Waals surface area contributed by atoms with E-state index in [0.717, 1.165) is 0 Å². The van der Waals surface area contributed by atoms with E-state index in [1.54, 1.807) is 42.5 Å². The number of hydrazine groups is 1. The van der Waals surface area contributed by atoms with Gasteiger partial charge in [-0.2, -0.15) is 5.10 Å². The van der Waals surface area contributed by atoms with E-state index >= 15 is 0 Å². The topological polar surface area (TPSA) is 145 Å². The van der Waals surface area contributed by atoms with Crippen LogP contribution in [0.25, 0.3) is 11.1 Å². The first-order valence-corrected chi connectivity index (χ1v) is 11.4. The van der Waals surface area contributed by atoms with Crippen molar-refractivity contribution in [3.05, 3.63) is 85.2 Å². The van der Waals surface area contributed by atoms with E-state index in [1.165, 1.54) is 10.6 Å². The highest BCUT2D eigenvalue weighted by Gasteiger charge is 2.29. The summed E-state index contributed by atoms with van der Waals surface area (Å²) in [4.78, 5) is 38.5. The van der Waals surface area contributed by atoms with Crippen molar-refractivity contribution in [1.29, 1.82) is 0 Å². The number of carbonyl (C=O) groups excluding carboxylic acids is 2. The van der Waals surface area contributed by atoms with Gasteiger partial charge >= 0.3 is 0 Å². The number of ketones is 1. The molecule has 0 atom stereocenters. The maximum atomic E-state index is 13.0. The van der Waals surface area contributed by atoms with Crippen molar-refractivity contribution in [2.45, 2.75) is 19.4 Å². The van der Waals surface area contributed by atoms with Crippen molar-refractivity contribution >= 4 is 50.7 Å². The third-order valence-electron chi connectivity index (χ3n) is 5.51. The molecule has 1 aliphatic rings. The van der Waals surface area contributed by atoms with Crippen molar-refractivity contribution in [2.24, 2.45) is 16.8 Å². The van der Waals surface area contributed by atoms with Gasteiger partial charge < -0.3 is 21.2 Å². The van der Waals surface area contributed by atoms with Gasteiger partial charge in [0.2, 0.25) is 5.91 Å². The van der Waals surface area contributed by atoms with Crippen LogP contribution in [0.5, 0.6) is 0 Å². The third kappa shape index (κ3) is 4.60. The molecule has 0 saturated heterocycles. The van der Waals surface area contributed by atoms with Gasteiger partial charge in [0.25, 0.3) is 5.56 Å². The number of hydrogen-bond acceptors (Lipinski definition) is 6. The number of fused-ring (bicyclic) bond motifs is 1. The Bertz CT molecular complexity index is 1380. The second-order valence-electron chi connectivity index (χ2n) is 7.60. The van der Waals surface area contributed by atoms with Crippen molar-refractivity contribution in [1.82, 2.24) is 9.99 Å². The number of rotatable bonds is 5. The predicted molar refractivity (Wildman–Crippen MR) is 135 cm³/mol. The summed E-state index contributed by atoms with van der Waals surface area (Å²) in [6, 6.07) is 13.2.